The van der Waals surface area contributed by atoms with Crippen molar-refractivity contribution in [3.05, 3.63) is 101 Å². The second-order valence-corrected chi connectivity index (χ2v) is 8.32. The molecular formula is C28H27N5O5. The minimum atomic E-state index is -0.925. The highest BCUT2D eigenvalue weighted by molar-refractivity contribution is 6.06. The number of allylic oxidation sites excluding steroid dienone is 1. The lowest BCUT2D eigenvalue weighted by atomic mass is 9.81. The van der Waals surface area contributed by atoms with Crippen molar-refractivity contribution < 1.29 is 23.8 Å². The molecule has 10 heteroatoms. The Balaban J connectivity index is 1.78. The van der Waals surface area contributed by atoms with Gasteiger partial charge in [0.15, 0.2) is 0 Å². The van der Waals surface area contributed by atoms with Gasteiger partial charge in [-0.15, -0.1) is 0 Å². The summed E-state index contributed by atoms with van der Waals surface area (Å²) < 4.78 is 17.8. The Kier molecular flexibility index (Phi) is 7.77. The molecule has 0 spiro atoms. The van der Waals surface area contributed by atoms with Crippen molar-refractivity contribution in [3.8, 4) is 11.8 Å². The van der Waals surface area contributed by atoms with E-state index in [1.165, 1.54) is 19.1 Å². The summed E-state index contributed by atoms with van der Waals surface area (Å²) in [6.07, 6.45) is 3.65. The molecule has 2 heterocycles. The summed E-state index contributed by atoms with van der Waals surface area (Å²) in [7, 11) is 2.41. The number of aryl methyl sites for hydroxylation is 1. The van der Waals surface area contributed by atoms with Crippen LogP contribution in [-0.2, 0) is 32.2 Å². The molecule has 2 aromatic carbocycles. The highest BCUT2D eigenvalue weighted by atomic mass is 16.5. The number of hydrogen-bond donors (Lipinski definition) is 1. The number of nitrogens with zero attached hydrogens (tertiary/aromatic N) is 4. The van der Waals surface area contributed by atoms with E-state index in [1.54, 1.807) is 60.8 Å². The highest BCUT2D eigenvalue weighted by Crippen LogP contribution is 2.43. The van der Waals surface area contributed by atoms with Crippen LogP contribution in [0.4, 0.5) is 5.69 Å². The average molecular weight is 514 g/mol. The molecule has 1 aromatic heterocycles. The van der Waals surface area contributed by atoms with Crippen LogP contribution in [0, 0.1) is 11.3 Å². The predicted molar refractivity (Wildman–Crippen MR) is 138 cm³/mol. The summed E-state index contributed by atoms with van der Waals surface area (Å²) in [4.78, 5) is 27.6. The van der Waals surface area contributed by atoms with Crippen LogP contribution in [0.1, 0.15) is 24.0 Å². The van der Waals surface area contributed by atoms with Crippen LogP contribution in [-0.4, -0.2) is 35.9 Å². The lowest BCUT2D eigenvalue weighted by Crippen LogP contribution is -2.40. The Hall–Kier alpha value is -5.04. The molecule has 0 saturated carbocycles. The standard InChI is InChI=1S/C28H27N5O5/c1-4-32-16-18(15-31-32)17-38-21-12-10-20(11-13-21)33-25(28(35)37-3)24(27(34)36-2)23(22(14-29)26(33)30)19-8-6-5-7-9-19/h5-13,15-16,23H,4,17,30H2,1-3H3. The monoisotopic (exact) mass is 513 g/mol. The smallest absolute Gasteiger partial charge is 0.355 e. The number of hydrogen-bond acceptors (Lipinski definition) is 9. The number of anilines is 1. The first-order chi connectivity index (χ1) is 18.4. The molecule has 3 aromatic rings. The number of carbonyl (C=O) groups excluding carboxylic acids is 2. The van der Waals surface area contributed by atoms with Crippen molar-refractivity contribution in [1.29, 1.82) is 5.26 Å². The molecule has 10 nitrogen and oxygen atoms in total. The number of carbonyl (C=O) groups is 2. The van der Waals surface area contributed by atoms with Crippen LogP contribution in [0.15, 0.2) is 89.7 Å². The normalized spacial score (nSPS) is 15.2. The number of nitrogens with two attached hydrogens (primary N) is 1. The van der Waals surface area contributed by atoms with E-state index in [0.29, 0.717) is 23.6 Å². The van der Waals surface area contributed by atoms with Gasteiger partial charge in [-0.25, -0.2) is 9.59 Å². The zero-order valence-electron chi connectivity index (χ0n) is 21.2. The molecular weight excluding hydrogens is 486 g/mol. The largest absolute Gasteiger partial charge is 0.489 e. The second kappa shape index (κ2) is 11.3. The van der Waals surface area contributed by atoms with Crippen LogP contribution in [0.2, 0.25) is 0 Å². The van der Waals surface area contributed by atoms with E-state index in [9.17, 15) is 14.9 Å². The molecule has 1 aliphatic heterocycles. The van der Waals surface area contributed by atoms with Crippen LogP contribution < -0.4 is 15.4 Å². The Labute approximate surface area is 220 Å². The zero-order valence-corrected chi connectivity index (χ0v) is 21.2. The molecule has 1 atom stereocenters. The third kappa shape index (κ3) is 4.95. The molecule has 0 radical (unpaired) electrons. The van der Waals surface area contributed by atoms with Crippen LogP contribution in [0.3, 0.4) is 0 Å². The molecule has 0 bridgehead atoms. The maximum atomic E-state index is 13.1. The van der Waals surface area contributed by atoms with Crippen LogP contribution in [0.25, 0.3) is 0 Å². The molecule has 1 aliphatic rings. The molecule has 4 rings (SSSR count). The Morgan fingerprint density at radius 1 is 1.05 bits per heavy atom. The van der Waals surface area contributed by atoms with Crippen molar-refractivity contribution in [3.63, 3.8) is 0 Å². The zero-order chi connectivity index (χ0) is 27.2. The average Bonchev–Trinajstić information content (AvgIpc) is 3.43. The number of aromatic nitrogens is 2. The number of ether oxygens (including phenoxy) is 3. The van der Waals surface area contributed by atoms with Crippen molar-refractivity contribution in [2.75, 3.05) is 19.1 Å². The number of benzene rings is 2. The summed E-state index contributed by atoms with van der Waals surface area (Å²) in [5, 5.41) is 14.4. The van der Waals surface area contributed by atoms with Gasteiger partial charge in [0.1, 0.15) is 23.9 Å². The summed E-state index contributed by atoms with van der Waals surface area (Å²) in [5.41, 5.74) is 8.37. The molecule has 194 valence electrons. The number of methoxy groups -OCH3 is 2. The third-order valence-electron chi connectivity index (χ3n) is 6.12. The maximum absolute atomic E-state index is 13.1. The summed E-state index contributed by atoms with van der Waals surface area (Å²) in [6.45, 7) is 3.08. The van der Waals surface area contributed by atoms with Gasteiger partial charge in [-0.05, 0) is 36.8 Å². The molecule has 0 saturated heterocycles. The molecule has 0 amide bonds. The Morgan fingerprint density at radius 2 is 1.74 bits per heavy atom. The van der Waals surface area contributed by atoms with Crippen molar-refractivity contribution >= 4 is 17.6 Å². The molecule has 0 fully saturated rings. The Morgan fingerprint density at radius 3 is 2.32 bits per heavy atom. The van der Waals surface area contributed by atoms with Gasteiger partial charge in [0.2, 0.25) is 0 Å². The first-order valence-electron chi connectivity index (χ1n) is 11.8. The van der Waals surface area contributed by atoms with Gasteiger partial charge < -0.3 is 19.9 Å². The van der Waals surface area contributed by atoms with E-state index < -0.39 is 17.9 Å². The fraction of sp³-hybridized carbons (Fsp3) is 0.214. The number of rotatable bonds is 8. The topological polar surface area (TPSA) is 133 Å². The SMILES string of the molecule is CCn1cc(COc2ccc(N3C(N)=C(C#N)C(c4ccccc4)C(C(=O)OC)=C3C(=O)OC)cc2)cn1. The van der Waals surface area contributed by atoms with Crippen molar-refractivity contribution in [2.24, 2.45) is 5.73 Å². The van der Waals surface area contributed by atoms with E-state index in [2.05, 4.69) is 11.2 Å². The van der Waals surface area contributed by atoms with Crippen LogP contribution in [0.5, 0.6) is 5.75 Å². The second-order valence-electron chi connectivity index (χ2n) is 8.32. The highest BCUT2D eigenvalue weighted by Gasteiger charge is 2.42. The van der Waals surface area contributed by atoms with Gasteiger partial charge >= 0.3 is 11.9 Å². The molecule has 1 unspecified atom stereocenters. The minimum Gasteiger partial charge on any atom is -0.489 e. The first-order valence-corrected chi connectivity index (χ1v) is 11.8. The van der Waals surface area contributed by atoms with E-state index in [0.717, 1.165) is 12.1 Å². The quantitative estimate of drug-likeness (QED) is 0.450. The van der Waals surface area contributed by atoms with E-state index >= 15 is 0 Å². The fourth-order valence-corrected chi connectivity index (χ4v) is 4.29. The lowest BCUT2D eigenvalue weighted by molar-refractivity contribution is -0.139. The molecule has 38 heavy (non-hydrogen) atoms. The fourth-order valence-electron chi connectivity index (χ4n) is 4.29. The predicted octanol–water partition coefficient (Wildman–Crippen LogP) is 3.38. The van der Waals surface area contributed by atoms with Crippen molar-refractivity contribution in [1.82, 2.24) is 9.78 Å². The summed E-state index contributed by atoms with van der Waals surface area (Å²) in [6, 6.07) is 17.7. The number of esters is 2. The van der Waals surface area contributed by atoms with E-state index in [1.807, 2.05) is 17.8 Å². The Bertz CT molecular complexity index is 1430. The lowest BCUT2D eigenvalue weighted by Gasteiger charge is -2.35. The van der Waals surface area contributed by atoms with Gasteiger partial charge in [0.25, 0.3) is 0 Å². The van der Waals surface area contributed by atoms with E-state index in [4.69, 9.17) is 19.9 Å². The van der Waals surface area contributed by atoms with Gasteiger partial charge in [-0.3, -0.25) is 9.58 Å². The van der Waals surface area contributed by atoms with Gasteiger partial charge in [-0.2, -0.15) is 10.4 Å². The summed E-state index contributed by atoms with van der Waals surface area (Å²) >= 11 is 0. The van der Waals surface area contributed by atoms with Gasteiger partial charge in [0.05, 0.1) is 43.5 Å². The van der Waals surface area contributed by atoms with Crippen molar-refractivity contribution in [2.45, 2.75) is 26.0 Å². The van der Waals surface area contributed by atoms with E-state index in [-0.39, 0.29) is 22.7 Å². The third-order valence-corrected chi connectivity index (χ3v) is 6.12. The van der Waals surface area contributed by atoms with Crippen LogP contribution >= 0.6 is 0 Å². The molecule has 0 aliphatic carbocycles. The minimum absolute atomic E-state index is 0.00458. The van der Waals surface area contributed by atoms with Gasteiger partial charge in [0, 0.05) is 24.0 Å². The first kappa shape index (κ1) is 26.0. The summed E-state index contributed by atoms with van der Waals surface area (Å²) in [5.74, 6) is -1.95. The maximum Gasteiger partial charge on any atom is 0.355 e. The number of nitriles is 1. The molecule has 2 N–H and O–H groups in total. The van der Waals surface area contributed by atoms with Gasteiger partial charge in [-0.1, -0.05) is 30.3 Å².